The van der Waals surface area contributed by atoms with Gasteiger partial charge in [0.1, 0.15) is 12.1 Å². The zero-order valence-electron chi connectivity index (χ0n) is 14.8. The average Bonchev–Trinajstić information content (AvgIpc) is 2.97. The lowest BCUT2D eigenvalue weighted by Crippen LogP contribution is -2.61. The number of hydrogen-bond acceptors (Lipinski definition) is 3. The fourth-order valence-electron chi connectivity index (χ4n) is 3.79. The quantitative estimate of drug-likeness (QED) is 0.864. The Bertz CT molecular complexity index is 643. The first-order chi connectivity index (χ1) is 11.5. The molecule has 0 saturated carbocycles. The van der Waals surface area contributed by atoms with Crippen molar-refractivity contribution >= 4 is 11.8 Å². The van der Waals surface area contributed by atoms with Crippen LogP contribution in [0.2, 0.25) is 0 Å². The summed E-state index contributed by atoms with van der Waals surface area (Å²) in [6, 6.07) is 5.98. The number of carbonyl (C=O) groups excluding carboxylic acids is 2. The van der Waals surface area contributed by atoms with Crippen LogP contribution in [-0.2, 0) is 16.1 Å². The molecule has 0 unspecified atom stereocenters. The first-order valence-corrected chi connectivity index (χ1v) is 8.90. The Hall–Kier alpha value is -1.88. The molecule has 2 amide bonds. The minimum absolute atomic E-state index is 0.00358. The molecule has 130 valence electrons. The lowest BCUT2D eigenvalue weighted by atomic mass is 10.0. The van der Waals surface area contributed by atoms with E-state index in [4.69, 9.17) is 0 Å². The molecule has 5 heteroatoms. The smallest absolute Gasteiger partial charge is 0.245 e. The molecule has 2 fully saturated rings. The maximum Gasteiger partial charge on any atom is 0.245 e. The van der Waals surface area contributed by atoms with Gasteiger partial charge in [0.05, 0.1) is 0 Å². The number of fused-ring (bicyclic) bond motifs is 1. The molecule has 24 heavy (non-hydrogen) atoms. The summed E-state index contributed by atoms with van der Waals surface area (Å²) in [6.45, 7) is 7.64. The van der Waals surface area contributed by atoms with Crippen LogP contribution in [0.3, 0.4) is 0 Å². The Morgan fingerprint density at radius 2 is 2.08 bits per heavy atom. The van der Waals surface area contributed by atoms with Crippen molar-refractivity contribution in [1.29, 1.82) is 0 Å². The van der Waals surface area contributed by atoms with E-state index in [1.807, 2.05) is 6.92 Å². The number of aryl methyl sites for hydroxylation is 2. The third-order valence-electron chi connectivity index (χ3n) is 5.16. The van der Waals surface area contributed by atoms with Crippen LogP contribution in [0.25, 0.3) is 0 Å². The van der Waals surface area contributed by atoms with Crippen LogP contribution in [0.5, 0.6) is 0 Å². The normalized spacial score (nSPS) is 26.5. The number of piperazine rings is 1. The van der Waals surface area contributed by atoms with E-state index in [0.717, 1.165) is 13.0 Å². The van der Waals surface area contributed by atoms with Crippen molar-refractivity contribution in [3.8, 4) is 0 Å². The molecule has 5 nitrogen and oxygen atoms in total. The highest BCUT2D eigenvalue weighted by molar-refractivity contribution is 5.97. The first-order valence-electron chi connectivity index (χ1n) is 8.90. The number of carbonyl (C=O) groups is 2. The average molecular weight is 329 g/mol. The lowest BCUT2D eigenvalue weighted by Gasteiger charge is -2.34. The Balaban J connectivity index is 1.62. The summed E-state index contributed by atoms with van der Waals surface area (Å²) >= 11 is 0. The molecular formula is C19H27N3O2. The van der Waals surface area contributed by atoms with Crippen LogP contribution < -0.4 is 10.6 Å². The molecule has 0 spiro atoms. The second-order valence-electron chi connectivity index (χ2n) is 7.10. The van der Waals surface area contributed by atoms with Crippen LogP contribution >= 0.6 is 0 Å². The minimum atomic E-state index is -0.336. The second kappa shape index (κ2) is 6.93. The maximum atomic E-state index is 12.5. The molecule has 0 aliphatic carbocycles. The van der Waals surface area contributed by atoms with Crippen molar-refractivity contribution in [1.82, 2.24) is 15.5 Å². The third-order valence-corrected chi connectivity index (χ3v) is 5.16. The fourth-order valence-corrected chi connectivity index (χ4v) is 3.79. The monoisotopic (exact) mass is 329 g/mol. The lowest BCUT2D eigenvalue weighted by molar-refractivity contribution is -0.147. The van der Waals surface area contributed by atoms with E-state index in [2.05, 4.69) is 42.7 Å². The highest BCUT2D eigenvalue weighted by atomic mass is 16.2. The Kier molecular flexibility index (Phi) is 4.90. The summed E-state index contributed by atoms with van der Waals surface area (Å²) in [5, 5.41) is 6.42. The Morgan fingerprint density at radius 1 is 1.29 bits per heavy atom. The van der Waals surface area contributed by atoms with E-state index in [1.165, 1.54) is 16.7 Å². The molecule has 0 aromatic heterocycles. The molecule has 2 saturated heterocycles. The van der Waals surface area contributed by atoms with E-state index in [-0.39, 0.29) is 29.9 Å². The Morgan fingerprint density at radius 3 is 2.79 bits per heavy atom. The standard InChI is InChI=1S/C19H27N3O2/c1-4-5-16-19(24)22-11-15(9-17(22)18(23)21-16)20-10-14-7-6-12(2)8-13(14)3/h6-8,15-17,20H,4-5,9-11H2,1-3H3,(H,21,23)/t15-,16-,17-/m0/s1. The Labute approximate surface area is 143 Å². The van der Waals surface area contributed by atoms with Gasteiger partial charge in [-0.3, -0.25) is 9.59 Å². The number of amides is 2. The molecule has 2 heterocycles. The first kappa shape index (κ1) is 17.0. The van der Waals surface area contributed by atoms with Gasteiger partial charge in [-0.15, -0.1) is 0 Å². The van der Waals surface area contributed by atoms with Gasteiger partial charge in [-0.25, -0.2) is 0 Å². The topological polar surface area (TPSA) is 61.4 Å². The van der Waals surface area contributed by atoms with Gasteiger partial charge < -0.3 is 15.5 Å². The highest BCUT2D eigenvalue weighted by Gasteiger charge is 2.45. The summed E-state index contributed by atoms with van der Waals surface area (Å²) < 4.78 is 0. The highest BCUT2D eigenvalue weighted by Crippen LogP contribution is 2.24. The molecule has 0 radical (unpaired) electrons. The molecule has 3 atom stereocenters. The molecule has 3 rings (SSSR count). The van der Waals surface area contributed by atoms with Gasteiger partial charge in [-0.2, -0.15) is 0 Å². The number of rotatable bonds is 5. The summed E-state index contributed by atoms with van der Waals surface area (Å²) in [7, 11) is 0. The number of nitrogens with zero attached hydrogens (tertiary/aromatic N) is 1. The molecule has 2 aliphatic heterocycles. The fraction of sp³-hybridized carbons (Fsp3) is 0.579. The van der Waals surface area contributed by atoms with Gasteiger partial charge >= 0.3 is 0 Å². The van der Waals surface area contributed by atoms with Gasteiger partial charge in [-0.1, -0.05) is 37.1 Å². The van der Waals surface area contributed by atoms with Crippen LogP contribution in [0.15, 0.2) is 18.2 Å². The number of nitrogens with one attached hydrogen (secondary N) is 2. The third kappa shape index (κ3) is 3.31. The number of hydrogen-bond donors (Lipinski definition) is 2. The van der Waals surface area contributed by atoms with E-state index in [1.54, 1.807) is 4.90 Å². The summed E-state index contributed by atoms with van der Waals surface area (Å²) in [6.07, 6.45) is 2.30. The maximum absolute atomic E-state index is 12.5. The van der Waals surface area contributed by atoms with E-state index >= 15 is 0 Å². The molecule has 1 aromatic rings. The zero-order valence-corrected chi connectivity index (χ0v) is 14.8. The second-order valence-corrected chi connectivity index (χ2v) is 7.10. The van der Waals surface area contributed by atoms with Gasteiger partial charge in [0, 0.05) is 19.1 Å². The van der Waals surface area contributed by atoms with Crippen molar-refractivity contribution in [2.24, 2.45) is 0 Å². The van der Waals surface area contributed by atoms with Crippen molar-refractivity contribution in [3.05, 3.63) is 34.9 Å². The summed E-state index contributed by atoms with van der Waals surface area (Å²) in [4.78, 5) is 26.6. The molecule has 0 bridgehead atoms. The van der Waals surface area contributed by atoms with Crippen molar-refractivity contribution in [3.63, 3.8) is 0 Å². The van der Waals surface area contributed by atoms with E-state index in [0.29, 0.717) is 19.4 Å². The molecule has 2 N–H and O–H groups in total. The minimum Gasteiger partial charge on any atom is -0.343 e. The predicted octanol–water partition coefficient (Wildman–Crippen LogP) is 1.66. The van der Waals surface area contributed by atoms with E-state index in [9.17, 15) is 9.59 Å². The predicted molar refractivity (Wildman–Crippen MR) is 93.5 cm³/mol. The van der Waals surface area contributed by atoms with Crippen molar-refractivity contribution in [2.75, 3.05) is 6.54 Å². The van der Waals surface area contributed by atoms with Crippen LogP contribution in [-0.4, -0.2) is 41.4 Å². The molecule has 2 aliphatic rings. The van der Waals surface area contributed by atoms with Gasteiger partial charge in [-0.05, 0) is 37.8 Å². The summed E-state index contributed by atoms with van der Waals surface area (Å²) in [5.74, 6) is 0.0844. The largest absolute Gasteiger partial charge is 0.343 e. The molecular weight excluding hydrogens is 302 g/mol. The SMILES string of the molecule is CCC[C@@H]1NC(=O)[C@@H]2C[C@H](NCc3ccc(C)cc3C)CN2C1=O. The van der Waals surface area contributed by atoms with Crippen molar-refractivity contribution < 1.29 is 9.59 Å². The van der Waals surface area contributed by atoms with Gasteiger partial charge in [0.25, 0.3) is 0 Å². The van der Waals surface area contributed by atoms with Crippen LogP contribution in [0.1, 0.15) is 42.9 Å². The molecule has 1 aromatic carbocycles. The van der Waals surface area contributed by atoms with Gasteiger partial charge in [0.15, 0.2) is 0 Å². The summed E-state index contributed by atoms with van der Waals surface area (Å²) in [5.41, 5.74) is 3.80. The van der Waals surface area contributed by atoms with Crippen molar-refractivity contribution in [2.45, 2.75) is 64.7 Å². The van der Waals surface area contributed by atoms with E-state index < -0.39 is 0 Å². The van der Waals surface area contributed by atoms with Gasteiger partial charge in [0.2, 0.25) is 11.8 Å². The van der Waals surface area contributed by atoms with Crippen LogP contribution in [0.4, 0.5) is 0 Å². The van der Waals surface area contributed by atoms with Crippen LogP contribution in [0, 0.1) is 13.8 Å². The zero-order chi connectivity index (χ0) is 17.3. The number of benzene rings is 1.